The van der Waals surface area contributed by atoms with Gasteiger partial charge >= 0.3 is 5.97 Å². The van der Waals surface area contributed by atoms with Gasteiger partial charge in [-0.2, -0.15) is 0 Å². The van der Waals surface area contributed by atoms with E-state index in [1.165, 1.54) is 24.0 Å². The Morgan fingerprint density at radius 2 is 1.73 bits per heavy atom. The van der Waals surface area contributed by atoms with E-state index in [2.05, 4.69) is 5.32 Å². The van der Waals surface area contributed by atoms with Crippen molar-refractivity contribution in [1.29, 1.82) is 0 Å². The van der Waals surface area contributed by atoms with Gasteiger partial charge in [-0.15, -0.1) is 0 Å². The van der Waals surface area contributed by atoms with Crippen molar-refractivity contribution in [3.8, 4) is 0 Å². The summed E-state index contributed by atoms with van der Waals surface area (Å²) in [5.41, 5.74) is 1.04. The van der Waals surface area contributed by atoms with Crippen molar-refractivity contribution >= 4 is 23.7 Å². The number of hydrogen-bond acceptors (Lipinski definition) is 4. The van der Waals surface area contributed by atoms with Crippen LogP contribution in [-0.2, 0) is 20.9 Å². The van der Waals surface area contributed by atoms with Crippen LogP contribution in [0.2, 0.25) is 0 Å². The van der Waals surface area contributed by atoms with E-state index in [-0.39, 0.29) is 31.2 Å². The Hall–Kier alpha value is -2.70. The molecule has 1 aliphatic heterocycles. The second-order valence-electron chi connectivity index (χ2n) is 5.10. The normalized spacial score (nSPS) is 15.8. The van der Waals surface area contributed by atoms with Gasteiger partial charge < -0.3 is 10.4 Å². The van der Waals surface area contributed by atoms with Gasteiger partial charge in [0.15, 0.2) is 0 Å². The van der Waals surface area contributed by atoms with E-state index in [0.717, 1.165) is 5.56 Å². The molecule has 1 aromatic carbocycles. The van der Waals surface area contributed by atoms with Gasteiger partial charge in [-0.05, 0) is 24.6 Å². The molecule has 7 nitrogen and oxygen atoms in total. The maximum absolute atomic E-state index is 11.8. The summed E-state index contributed by atoms with van der Waals surface area (Å²) in [5.74, 6) is -1.99. The van der Waals surface area contributed by atoms with E-state index < -0.39 is 17.9 Å². The summed E-state index contributed by atoms with van der Waals surface area (Å²) in [6, 6.07) is 5.36. The van der Waals surface area contributed by atoms with Gasteiger partial charge in [0.25, 0.3) is 5.91 Å². The standard InChI is InChI=1S/C15H16N2O5/c1-9(15(21)22)16-14(20)11-4-2-10(3-5-11)8-17-12(18)6-7-13(17)19/h2-5,9H,6-8H2,1H3,(H,16,20)(H,21,22)/t9-/m0/s1. The molecule has 2 rings (SSSR count). The molecule has 2 N–H and O–H groups in total. The minimum Gasteiger partial charge on any atom is -0.480 e. The van der Waals surface area contributed by atoms with Crippen molar-refractivity contribution in [2.24, 2.45) is 0 Å². The third kappa shape index (κ3) is 3.49. The Morgan fingerprint density at radius 1 is 1.18 bits per heavy atom. The number of nitrogens with zero attached hydrogens (tertiary/aromatic N) is 1. The molecule has 1 aromatic rings. The minimum atomic E-state index is -1.11. The number of carbonyl (C=O) groups is 4. The fourth-order valence-electron chi connectivity index (χ4n) is 2.09. The Morgan fingerprint density at radius 3 is 2.23 bits per heavy atom. The number of aliphatic carboxylic acids is 1. The molecule has 1 fully saturated rings. The van der Waals surface area contributed by atoms with E-state index in [1.54, 1.807) is 12.1 Å². The van der Waals surface area contributed by atoms with Crippen LogP contribution in [0.3, 0.4) is 0 Å². The summed E-state index contributed by atoms with van der Waals surface area (Å²) in [6.07, 6.45) is 0.485. The first-order valence-corrected chi connectivity index (χ1v) is 6.84. The largest absolute Gasteiger partial charge is 0.480 e. The molecule has 116 valence electrons. The average molecular weight is 304 g/mol. The molecule has 1 aliphatic rings. The molecule has 7 heteroatoms. The van der Waals surface area contributed by atoms with Crippen molar-refractivity contribution in [3.05, 3.63) is 35.4 Å². The second kappa shape index (κ2) is 6.38. The third-order valence-electron chi connectivity index (χ3n) is 3.43. The molecular weight excluding hydrogens is 288 g/mol. The smallest absolute Gasteiger partial charge is 0.325 e. The number of benzene rings is 1. The molecule has 1 atom stereocenters. The number of carboxylic acids is 1. The van der Waals surface area contributed by atoms with Crippen LogP contribution in [0.5, 0.6) is 0 Å². The average Bonchev–Trinajstić information content (AvgIpc) is 2.79. The van der Waals surface area contributed by atoms with Crippen LogP contribution in [0, 0.1) is 0 Å². The van der Waals surface area contributed by atoms with Crippen molar-refractivity contribution in [2.75, 3.05) is 0 Å². The number of carboxylic acid groups (broad SMARTS) is 1. The fraction of sp³-hybridized carbons (Fsp3) is 0.333. The summed E-state index contributed by atoms with van der Waals surface area (Å²) in [7, 11) is 0. The van der Waals surface area contributed by atoms with Gasteiger partial charge in [0.2, 0.25) is 11.8 Å². The zero-order valence-electron chi connectivity index (χ0n) is 12.0. The Balaban J connectivity index is 2.01. The predicted octanol–water partition coefficient (Wildman–Crippen LogP) is 0.539. The molecule has 0 unspecified atom stereocenters. The maximum atomic E-state index is 11.8. The van der Waals surface area contributed by atoms with E-state index in [1.807, 2.05) is 0 Å². The van der Waals surface area contributed by atoms with Crippen molar-refractivity contribution in [2.45, 2.75) is 32.4 Å². The number of nitrogens with one attached hydrogen (secondary N) is 1. The number of carbonyl (C=O) groups excluding carboxylic acids is 3. The molecule has 1 saturated heterocycles. The van der Waals surface area contributed by atoms with Gasteiger partial charge in [0.05, 0.1) is 6.54 Å². The molecule has 3 amide bonds. The highest BCUT2D eigenvalue weighted by atomic mass is 16.4. The molecule has 0 aromatic heterocycles. The van der Waals surface area contributed by atoms with Crippen LogP contribution in [0.25, 0.3) is 0 Å². The minimum absolute atomic E-state index is 0.186. The van der Waals surface area contributed by atoms with Crippen LogP contribution in [0.4, 0.5) is 0 Å². The van der Waals surface area contributed by atoms with E-state index in [9.17, 15) is 19.2 Å². The Labute approximate surface area is 126 Å². The fourth-order valence-corrected chi connectivity index (χ4v) is 2.09. The highest BCUT2D eigenvalue weighted by Crippen LogP contribution is 2.16. The third-order valence-corrected chi connectivity index (χ3v) is 3.43. The predicted molar refractivity (Wildman–Crippen MR) is 75.8 cm³/mol. The first-order valence-electron chi connectivity index (χ1n) is 6.84. The maximum Gasteiger partial charge on any atom is 0.325 e. The number of imide groups is 1. The molecule has 1 heterocycles. The highest BCUT2D eigenvalue weighted by Gasteiger charge is 2.28. The molecule has 0 saturated carbocycles. The highest BCUT2D eigenvalue weighted by molar-refractivity contribution is 6.01. The van der Waals surface area contributed by atoms with Crippen molar-refractivity contribution in [3.63, 3.8) is 0 Å². The lowest BCUT2D eigenvalue weighted by molar-refractivity contribution is -0.140. The van der Waals surface area contributed by atoms with E-state index >= 15 is 0 Å². The molecular formula is C15H16N2O5. The lowest BCUT2D eigenvalue weighted by atomic mass is 10.1. The molecule has 0 bridgehead atoms. The summed E-state index contributed by atoms with van der Waals surface area (Å²) >= 11 is 0. The quantitative estimate of drug-likeness (QED) is 0.773. The zero-order valence-corrected chi connectivity index (χ0v) is 12.0. The summed E-state index contributed by atoms with van der Waals surface area (Å²) < 4.78 is 0. The van der Waals surface area contributed by atoms with Crippen LogP contribution in [0.15, 0.2) is 24.3 Å². The van der Waals surface area contributed by atoms with Crippen LogP contribution < -0.4 is 5.32 Å². The molecule has 0 radical (unpaired) electrons. The second-order valence-corrected chi connectivity index (χ2v) is 5.10. The van der Waals surface area contributed by atoms with Gasteiger partial charge in [0, 0.05) is 18.4 Å². The zero-order chi connectivity index (χ0) is 16.3. The number of amides is 3. The SMILES string of the molecule is C[C@H](NC(=O)c1ccc(CN2C(=O)CCC2=O)cc1)C(=O)O. The number of rotatable bonds is 5. The van der Waals surface area contributed by atoms with E-state index in [0.29, 0.717) is 5.56 Å². The monoisotopic (exact) mass is 304 g/mol. The van der Waals surface area contributed by atoms with Gasteiger partial charge in [-0.25, -0.2) is 0 Å². The molecule has 0 aliphatic carbocycles. The summed E-state index contributed by atoms with van der Waals surface area (Å²) in [5, 5.41) is 11.1. The number of hydrogen-bond donors (Lipinski definition) is 2. The number of likely N-dealkylation sites (tertiary alicyclic amines) is 1. The van der Waals surface area contributed by atoms with Crippen LogP contribution in [-0.4, -0.2) is 39.7 Å². The van der Waals surface area contributed by atoms with Gasteiger partial charge in [-0.3, -0.25) is 24.1 Å². The summed E-state index contributed by atoms with van der Waals surface area (Å²) in [6.45, 7) is 1.56. The Bertz CT molecular complexity index is 607. The van der Waals surface area contributed by atoms with Crippen LogP contribution in [0.1, 0.15) is 35.7 Å². The van der Waals surface area contributed by atoms with Crippen molar-refractivity contribution < 1.29 is 24.3 Å². The Kier molecular flexibility index (Phi) is 4.55. The van der Waals surface area contributed by atoms with Gasteiger partial charge in [-0.1, -0.05) is 12.1 Å². The molecule has 22 heavy (non-hydrogen) atoms. The first kappa shape index (κ1) is 15.7. The van der Waals surface area contributed by atoms with Gasteiger partial charge in [0.1, 0.15) is 6.04 Å². The summed E-state index contributed by atoms with van der Waals surface area (Å²) in [4.78, 5) is 46.8. The van der Waals surface area contributed by atoms with E-state index in [4.69, 9.17) is 5.11 Å². The first-order chi connectivity index (χ1) is 10.4. The topological polar surface area (TPSA) is 104 Å². The lowest BCUT2D eigenvalue weighted by Crippen LogP contribution is -2.38. The lowest BCUT2D eigenvalue weighted by Gasteiger charge is -2.14. The van der Waals surface area contributed by atoms with Crippen molar-refractivity contribution in [1.82, 2.24) is 10.2 Å². The van der Waals surface area contributed by atoms with Crippen LogP contribution >= 0.6 is 0 Å². The molecule has 0 spiro atoms.